The van der Waals surface area contributed by atoms with Crippen LogP contribution in [0.3, 0.4) is 0 Å². The van der Waals surface area contributed by atoms with E-state index in [0.717, 1.165) is 0 Å². The van der Waals surface area contributed by atoms with Crippen LogP contribution in [0.1, 0.15) is 10.4 Å². The fourth-order valence-corrected chi connectivity index (χ4v) is 0.978. The second-order valence-electron chi connectivity index (χ2n) is 2.26. The lowest BCUT2D eigenvalue weighted by Gasteiger charge is -1.99. The lowest BCUT2D eigenvalue weighted by molar-refractivity contribution is 0.0958. The van der Waals surface area contributed by atoms with Gasteiger partial charge in [0.2, 0.25) is 0 Å². The number of aromatic nitrogens is 1. The number of halogens is 1. The minimum absolute atomic E-state index is 0.210. The third-order valence-electron chi connectivity index (χ3n) is 1.34. The Labute approximate surface area is 84.7 Å². The van der Waals surface area contributed by atoms with Crippen LogP contribution in [0.2, 0.25) is 0 Å². The molecule has 0 saturated heterocycles. The smallest absolute Gasteiger partial charge is 0.253 e. The molecule has 0 spiro atoms. The van der Waals surface area contributed by atoms with Gasteiger partial charge >= 0.3 is 0 Å². The van der Waals surface area contributed by atoms with Gasteiger partial charge in [-0.1, -0.05) is 5.92 Å². The third kappa shape index (κ3) is 2.88. The van der Waals surface area contributed by atoms with Gasteiger partial charge in [0.25, 0.3) is 5.91 Å². The summed E-state index contributed by atoms with van der Waals surface area (Å²) in [6.07, 6.45) is 6.47. The minimum Gasteiger partial charge on any atom is -0.341 e. The largest absolute Gasteiger partial charge is 0.341 e. The van der Waals surface area contributed by atoms with Crippen molar-refractivity contribution in [2.24, 2.45) is 0 Å². The van der Waals surface area contributed by atoms with Gasteiger partial charge in [0.05, 0.1) is 12.1 Å². The van der Waals surface area contributed by atoms with E-state index in [1.165, 1.54) is 6.20 Å². The first kappa shape index (κ1) is 9.75. The summed E-state index contributed by atoms with van der Waals surface area (Å²) in [6, 6.07) is 3.37. The number of terminal acetylenes is 1. The highest BCUT2D eigenvalue weighted by Crippen LogP contribution is 2.05. The Balaban J connectivity index is 2.68. The molecule has 4 heteroatoms. The average Bonchev–Trinajstić information content (AvgIpc) is 2.15. The zero-order chi connectivity index (χ0) is 9.68. The van der Waals surface area contributed by atoms with Crippen molar-refractivity contribution >= 4 is 21.8 Å². The van der Waals surface area contributed by atoms with E-state index >= 15 is 0 Å². The van der Waals surface area contributed by atoms with Crippen LogP contribution in [0.5, 0.6) is 0 Å². The molecule has 0 aliphatic carbocycles. The molecule has 0 atom stereocenters. The highest BCUT2D eigenvalue weighted by atomic mass is 79.9. The van der Waals surface area contributed by atoms with Gasteiger partial charge in [0, 0.05) is 6.20 Å². The van der Waals surface area contributed by atoms with Crippen molar-refractivity contribution < 1.29 is 4.79 Å². The van der Waals surface area contributed by atoms with Crippen molar-refractivity contribution in [1.29, 1.82) is 0 Å². The minimum atomic E-state index is -0.210. The highest BCUT2D eigenvalue weighted by Gasteiger charge is 2.03. The van der Waals surface area contributed by atoms with Gasteiger partial charge in [0.1, 0.15) is 4.60 Å². The molecule has 0 bridgehead atoms. The van der Waals surface area contributed by atoms with Gasteiger partial charge in [-0.05, 0) is 28.1 Å². The Bertz CT molecular complexity index is 340. The van der Waals surface area contributed by atoms with Gasteiger partial charge in [-0.15, -0.1) is 6.42 Å². The summed E-state index contributed by atoms with van der Waals surface area (Å²) in [4.78, 5) is 15.2. The molecular weight excluding hydrogens is 232 g/mol. The molecule has 0 radical (unpaired) electrons. The molecule has 1 aromatic rings. The monoisotopic (exact) mass is 238 g/mol. The molecule has 0 saturated carbocycles. The second-order valence-corrected chi connectivity index (χ2v) is 3.07. The fourth-order valence-electron chi connectivity index (χ4n) is 0.744. The van der Waals surface area contributed by atoms with Crippen LogP contribution in [0, 0.1) is 12.3 Å². The summed E-state index contributed by atoms with van der Waals surface area (Å²) in [5, 5.41) is 2.54. The maximum absolute atomic E-state index is 11.3. The van der Waals surface area contributed by atoms with Crippen LogP contribution in [-0.4, -0.2) is 17.4 Å². The SMILES string of the molecule is C#CCNC(=O)c1ccc(Br)nc1. The normalized spacial score (nSPS) is 8.92. The molecule has 1 aromatic heterocycles. The van der Waals surface area contributed by atoms with E-state index in [1.807, 2.05) is 0 Å². The van der Waals surface area contributed by atoms with Gasteiger partial charge in [-0.25, -0.2) is 4.98 Å². The van der Waals surface area contributed by atoms with Crippen LogP contribution >= 0.6 is 15.9 Å². The fraction of sp³-hybridized carbons (Fsp3) is 0.111. The molecule has 3 nitrogen and oxygen atoms in total. The van der Waals surface area contributed by atoms with Crippen LogP contribution in [-0.2, 0) is 0 Å². The number of carbonyl (C=O) groups excluding carboxylic acids is 1. The number of pyridine rings is 1. The van der Waals surface area contributed by atoms with Gasteiger partial charge < -0.3 is 5.32 Å². The molecular formula is C9H7BrN2O. The predicted octanol–water partition coefficient (Wildman–Crippen LogP) is 1.21. The summed E-state index contributed by atoms with van der Waals surface area (Å²) in [6.45, 7) is 0.231. The molecule has 13 heavy (non-hydrogen) atoms. The molecule has 0 aliphatic heterocycles. The Hall–Kier alpha value is -1.34. The number of hydrogen-bond acceptors (Lipinski definition) is 2. The van der Waals surface area contributed by atoms with Crippen molar-refractivity contribution in [3.8, 4) is 12.3 Å². The first-order chi connectivity index (χ1) is 6.24. The van der Waals surface area contributed by atoms with Crippen molar-refractivity contribution in [1.82, 2.24) is 10.3 Å². The Morgan fingerprint density at radius 2 is 2.46 bits per heavy atom. The molecule has 66 valence electrons. The quantitative estimate of drug-likeness (QED) is 0.622. The maximum Gasteiger partial charge on any atom is 0.253 e. The summed E-state index contributed by atoms with van der Waals surface area (Å²) in [7, 11) is 0. The van der Waals surface area contributed by atoms with Crippen LogP contribution in [0.15, 0.2) is 22.9 Å². The van der Waals surface area contributed by atoms with Crippen LogP contribution < -0.4 is 5.32 Å². The summed E-state index contributed by atoms with van der Waals surface area (Å²) in [5.41, 5.74) is 0.499. The molecule has 1 N–H and O–H groups in total. The lowest BCUT2D eigenvalue weighted by atomic mass is 10.3. The average molecular weight is 239 g/mol. The van der Waals surface area contributed by atoms with Gasteiger partial charge in [-0.2, -0.15) is 0 Å². The van der Waals surface area contributed by atoms with Crippen molar-refractivity contribution in [2.75, 3.05) is 6.54 Å². The van der Waals surface area contributed by atoms with Crippen LogP contribution in [0.25, 0.3) is 0 Å². The predicted molar refractivity (Wildman–Crippen MR) is 53.1 cm³/mol. The van der Waals surface area contributed by atoms with Crippen LogP contribution in [0.4, 0.5) is 0 Å². The first-order valence-electron chi connectivity index (χ1n) is 3.57. The molecule has 1 rings (SSSR count). The van der Waals surface area contributed by atoms with E-state index in [9.17, 15) is 4.79 Å². The summed E-state index contributed by atoms with van der Waals surface area (Å²) >= 11 is 3.17. The highest BCUT2D eigenvalue weighted by molar-refractivity contribution is 9.10. The van der Waals surface area contributed by atoms with E-state index in [2.05, 4.69) is 32.2 Å². The second kappa shape index (κ2) is 4.63. The van der Waals surface area contributed by atoms with E-state index in [-0.39, 0.29) is 12.5 Å². The Kier molecular flexibility index (Phi) is 3.47. The summed E-state index contributed by atoms with van der Waals surface area (Å²) in [5.74, 6) is 2.11. The number of amides is 1. The number of hydrogen-bond donors (Lipinski definition) is 1. The molecule has 1 amide bonds. The number of nitrogens with one attached hydrogen (secondary N) is 1. The number of nitrogens with zero attached hydrogens (tertiary/aromatic N) is 1. The van der Waals surface area contributed by atoms with E-state index in [1.54, 1.807) is 12.1 Å². The molecule has 0 fully saturated rings. The lowest BCUT2D eigenvalue weighted by Crippen LogP contribution is -2.23. The molecule has 0 unspecified atom stereocenters. The van der Waals surface area contributed by atoms with E-state index in [0.29, 0.717) is 10.2 Å². The third-order valence-corrected chi connectivity index (χ3v) is 1.81. The van der Waals surface area contributed by atoms with E-state index in [4.69, 9.17) is 6.42 Å². The van der Waals surface area contributed by atoms with Gasteiger partial charge in [-0.3, -0.25) is 4.79 Å². The number of rotatable bonds is 2. The Morgan fingerprint density at radius 3 is 3.00 bits per heavy atom. The van der Waals surface area contributed by atoms with Crippen molar-refractivity contribution in [2.45, 2.75) is 0 Å². The zero-order valence-corrected chi connectivity index (χ0v) is 8.34. The van der Waals surface area contributed by atoms with Crippen molar-refractivity contribution in [3.63, 3.8) is 0 Å². The maximum atomic E-state index is 11.3. The zero-order valence-electron chi connectivity index (χ0n) is 6.75. The van der Waals surface area contributed by atoms with Gasteiger partial charge in [0.15, 0.2) is 0 Å². The molecule has 0 aromatic carbocycles. The molecule has 1 heterocycles. The van der Waals surface area contributed by atoms with E-state index < -0.39 is 0 Å². The first-order valence-corrected chi connectivity index (χ1v) is 4.36. The topological polar surface area (TPSA) is 42.0 Å². The summed E-state index contributed by atoms with van der Waals surface area (Å²) < 4.78 is 0.695. The van der Waals surface area contributed by atoms with Crippen molar-refractivity contribution in [3.05, 3.63) is 28.5 Å². The molecule has 0 aliphatic rings. The number of carbonyl (C=O) groups is 1. The Morgan fingerprint density at radius 1 is 1.69 bits per heavy atom. The standard InChI is InChI=1S/C9H7BrN2O/c1-2-5-11-9(13)7-3-4-8(10)12-6-7/h1,3-4,6H,5H2,(H,11,13).